The molecule has 1 aromatic heterocycles. The van der Waals surface area contributed by atoms with E-state index in [1.807, 2.05) is 20.8 Å². The molecule has 100 valence electrons. The van der Waals surface area contributed by atoms with E-state index in [9.17, 15) is 8.78 Å². The smallest absolute Gasteiger partial charge is 0.237 e. The second-order valence-corrected chi connectivity index (χ2v) is 6.37. The molecule has 1 aromatic rings. The summed E-state index contributed by atoms with van der Waals surface area (Å²) in [6, 6.07) is 1.71. The van der Waals surface area contributed by atoms with Crippen molar-refractivity contribution in [3.8, 4) is 0 Å². The zero-order chi connectivity index (χ0) is 13.6. The molecule has 0 N–H and O–H groups in total. The Morgan fingerprint density at radius 1 is 1.33 bits per heavy atom. The standard InChI is InChI=1S/C13H17ClF2N2/c1-12(2,3)9-6-10(14)18-11(17-9)8-4-5-13(15,16)7-8/h6,8H,4-5,7H2,1-3H3. The van der Waals surface area contributed by atoms with Crippen LogP contribution in [0.15, 0.2) is 6.07 Å². The van der Waals surface area contributed by atoms with Crippen molar-refractivity contribution in [2.24, 2.45) is 0 Å². The summed E-state index contributed by atoms with van der Waals surface area (Å²) in [5, 5.41) is 0.333. The van der Waals surface area contributed by atoms with Crippen molar-refractivity contribution in [2.45, 2.75) is 57.3 Å². The third-order valence-electron chi connectivity index (χ3n) is 3.25. The average molecular weight is 275 g/mol. The maximum atomic E-state index is 13.2. The fourth-order valence-electron chi connectivity index (χ4n) is 2.17. The summed E-state index contributed by atoms with van der Waals surface area (Å²) in [6.07, 6.45) is 0.173. The molecular formula is C13H17ClF2N2. The summed E-state index contributed by atoms with van der Waals surface area (Å²) in [5.74, 6) is -2.40. The first-order valence-corrected chi connectivity index (χ1v) is 6.48. The minimum absolute atomic E-state index is 0.0849. The van der Waals surface area contributed by atoms with Crippen LogP contribution in [-0.2, 0) is 5.41 Å². The van der Waals surface area contributed by atoms with Crippen LogP contribution in [0.2, 0.25) is 5.15 Å². The van der Waals surface area contributed by atoms with Gasteiger partial charge in [0.15, 0.2) is 0 Å². The topological polar surface area (TPSA) is 25.8 Å². The Morgan fingerprint density at radius 2 is 2.00 bits per heavy atom. The average Bonchev–Trinajstić information content (AvgIpc) is 2.56. The van der Waals surface area contributed by atoms with Gasteiger partial charge in [0.05, 0.1) is 5.69 Å². The highest BCUT2D eigenvalue weighted by molar-refractivity contribution is 6.29. The number of rotatable bonds is 1. The van der Waals surface area contributed by atoms with Crippen molar-refractivity contribution in [1.82, 2.24) is 9.97 Å². The molecule has 2 nitrogen and oxygen atoms in total. The molecule has 0 saturated heterocycles. The summed E-state index contributed by atoms with van der Waals surface area (Å²) in [6.45, 7) is 6.04. The molecular weight excluding hydrogens is 258 g/mol. The Balaban J connectivity index is 2.32. The van der Waals surface area contributed by atoms with Crippen LogP contribution in [0, 0.1) is 0 Å². The lowest BCUT2D eigenvalue weighted by Gasteiger charge is -2.19. The van der Waals surface area contributed by atoms with Crippen molar-refractivity contribution >= 4 is 11.6 Å². The monoisotopic (exact) mass is 274 g/mol. The van der Waals surface area contributed by atoms with E-state index in [0.717, 1.165) is 5.69 Å². The van der Waals surface area contributed by atoms with Crippen molar-refractivity contribution < 1.29 is 8.78 Å². The lowest BCUT2D eigenvalue weighted by atomic mass is 9.92. The zero-order valence-electron chi connectivity index (χ0n) is 10.8. The number of nitrogens with zero attached hydrogens (tertiary/aromatic N) is 2. The molecule has 0 amide bonds. The molecule has 1 heterocycles. The van der Waals surface area contributed by atoms with Crippen LogP contribution >= 0.6 is 11.6 Å². The van der Waals surface area contributed by atoms with E-state index in [4.69, 9.17) is 11.6 Å². The molecule has 0 spiro atoms. The van der Waals surface area contributed by atoms with Crippen molar-refractivity contribution in [3.05, 3.63) is 22.7 Å². The number of alkyl halides is 2. The van der Waals surface area contributed by atoms with Crippen LogP contribution in [0.5, 0.6) is 0 Å². The Hall–Kier alpha value is -0.770. The second kappa shape index (κ2) is 4.41. The predicted octanol–water partition coefficient (Wildman–Crippen LogP) is 4.33. The summed E-state index contributed by atoms with van der Waals surface area (Å²) in [5.41, 5.74) is 0.635. The van der Waals surface area contributed by atoms with Crippen LogP contribution in [0.4, 0.5) is 8.78 Å². The first kappa shape index (κ1) is 13.7. The van der Waals surface area contributed by atoms with E-state index < -0.39 is 5.92 Å². The van der Waals surface area contributed by atoms with Gasteiger partial charge in [0.2, 0.25) is 5.92 Å². The second-order valence-electron chi connectivity index (χ2n) is 5.98. The van der Waals surface area contributed by atoms with Gasteiger partial charge in [-0.3, -0.25) is 0 Å². The third kappa shape index (κ3) is 2.97. The first-order chi connectivity index (χ1) is 8.17. The van der Waals surface area contributed by atoms with Gasteiger partial charge in [0.25, 0.3) is 0 Å². The minimum atomic E-state index is -2.59. The Bertz CT molecular complexity index is 455. The van der Waals surface area contributed by atoms with Gasteiger partial charge in [0, 0.05) is 24.2 Å². The summed E-state index contributed by atoms with van der Waals surface area (Å²) < 4.78 is 26.5. The van der Waals surface area contributed by atoms with E-state index in [1.165, 1.54) is 0 Å². The zero-order valence-corrected chi connectivity index (χ0v) is 11.6. The van der Waals surface area contributed by atoms with Crippen LogP contribution in [0.3, 0.4) is 0 Å². The van der Waals surface area contributed by atoms with Crippen LogP contribution in [0.25, 0.3) is 0 Å². The fraction of sp³-hybridized carbons (Fsp3) is 0.692. The molecule has 1 atom stereocenters. The number of aromatic nitrogens is 2. The highest BCUT2D eigenvalue weighted by Crippen LogP contribution is 2.43. The number of hydrogen-bond acceptors (Lipinski definition) is 2. The van der Waals surface area contributed by atoms with Crippen molar-refractivity contribution in [1.29, 1.82) is 0 Å². The lowest BCUT2D eigenvalue weighted by Crippen LogP contribution is -2.17. The largest absolute Gasteiger partial charge is 0.248 e. The lowest BCUT2D eigenvalue weighted by molar-refractivity contribution is 0.00753. The maximum absolute atomic E-state index is 13.2. The van der Waals surface area contributed by atoms with Gasteiger partial charge >= 0.3 is 0 Å². The minimum Gasteiger partial charge on any atom is -0.237 e. The van der Waals surface area contributed by atoms with Gasteiger partial charge in [-0.2, -0.15) is 0 Å². The van der Waals surface area contributed by atoms with E-state index in [0.29, 0.717) is 17.4 Å². The highest BCUT2D eigenvalue weighted by atomic mass is 35.5. The van der Waals surface area contributed by atoms with Crippen LogP contribution in [-0.4, -0.2) is 15.9 Å². The summed E-state index contributed by atoms with van der Waals surface area (Å²) >= 11 is 5.97. The molecule has 1 aliphatic carbocycles. The molecule has 1 unspecified atom stereocenters. The summed E-state index contributed by atoms with van der Waals surface area (Å²) in [4.78, 5) is 8.54. The Kier molecular flexibility index (Phi) is 3.34. The third-order valence-corrected chi connectivity index (χ3v) is 3.44. The van der Waals surface area contributed by atoms with Gasteiger partial charge < -0.3 is 0 Å². The fourth-order valence-corrected chi connectivity index (χ4v) is 2.36. The van der Waals surface area contributed by atoms with Crippen molar-refractivity contribution in [2.75, 3.05) is 0 Å². The van der Waals surface area contributed by atoms with E-state index in [1.54, 1.807) is 6.07 Å². The van der Waals surface area contributed by atoms with Gasteiger partial charge in [0.1, 0.15) is 11.0 Å². The molecule has 1 fully saturated rings. The normalized spacial score (nSPS) is 23.3. The molecule has 5 heteroatoms. The van der Waals surface area contributed by atoms with Gasteiger partial charge in [-0.15, -0.1) is 0 Å². The predicted molar refractivity (Wildman–Crippen MR) is 67.3 cm³/mol. The van der Waals surface area contributed by atoms with Gasteiger partial charge in [-0.1, -0.05) is 32.4 Å². The van der Waals surface area contributed by atoms with Crippen LogP contribution in [0.1, 0.15) is 57.5 Å². The van der Waals surface area contributed by atoms with Gasteiger partial charge in [-0.25, -0.2) is 18.7 Å². The SMILES string of the molecule is CC(C)(C)c1cc(Cl)nc(C2CCC(F)(F)C2)n1. The summed E-state index contributed by atoms with van der Waals surface area (Å²) in [7, 11) is 0. The molecule has 0 radical (unpaired) electrons. The molecule has 0 aliphatic heterocycles. The quantitative estimate of drug-likeness (QED) is 0.712. The van der Waals surface area contributed by atoms with E-state index >= 15 is 0 Å². The van der Waals surface area contributed by atoms with Crippen molar-refractivity contribution in [3.63, 3.8) is 0 Å². The first-order valence-electron chi connectivity index (χ1n) is 6.10. The molecule has 1 aliphatic rings. The number of hydrogen-bond donors (Lipinski definition) is 0. The molecule has 2 rings (SSSR count). The molecule has 0 aromatic carbocycles. The molecule has 0 bridgehead atoms. The molecule has 1 saturated carbocycles. The van der Waals surface area contributed by atoms with Crippen LogP contribution < -0.4 is 0 Å². The highest BCUT2D eigenvalue weighted by Gasteiger charge is 2.41. The van der Waals surface area contributed by atoms with E-state index in [-0.39, 0.29) is 24.2 Å². The Morgan fingerprint density at radius 3 is 2.50 bits per heavy atom. The van der Waals surface area contributed by atoms with Gasteiger partial charge in [-0.05, 0) is 12.5 Å². The van der Waals surface area contributed by atoms with E-state index in [2.05, 4.69) is 9.97 Å². The Labute approximate surface area is 111 Å². The molecule has 18 heavy (non-hydrogen) atoms. The number of halogens is 3. The maximum Gasteiger partial charge on any atom is 0.248 e.